The summed E-state index contributed by atoms with van der Waals surface area (Å²) in [5, 5.41) is 7.69. The van der Waals surface area contributed by atoms with Gasteiger partial charge in [-0.15, -0.1) is 22.7 Å². The normalized spacial score (nSPS) is 11.2. The molecule has 6 heteroatoms. The van der Waals surface area contributed by atoms with E-state index in [9.17, 15) is 4.79 Å². The maximum absolute atomic E-state index is 12.8. The summed E-state index contributed by atoms with van der Waals surface area (Å²) < 4.78 is 1.14. The first-order valence-electron chi connectivity index (χ1n) is 8.10. The Morgan fingerprint density at radius 1 is 1.04 bits per heavy atom. The number of hydrogen-bond donors (Lipinski definition) is 2. The lowest BCUT2D eigenvalue weighted by molar-refractivity contribution is 0.102. The average molecular weight is 375 g/mol. The number of nitrogens with one attached hydrogen (secondary N) is 2. The molecule has 5 rings (SSSR count). The molecule has 3 heterocycles. The zero-order chi connectivity index (χ0) is 17.5. The molecule has 26 heavy (non-hydrogen) atoms. The largest absolute Gasteiger partial charge is 0.360 e. The number of carbonyl (C=O) groups is 1. The van der Waals surface area contributed by atoms with Crippen LogP contribution in [0.5, 0.6) is 0 Å². The Hall–Kier alpha value is -2.96. The molecule has 0 spiro atoms. The summed E-state index contributed by atoms with van der Waals surface area (Å²) in [6, 6.07) is 17.9. The smallest absolute Gasteiger partial charge is 0.258 e. The lowest BCUT2D eigenvalue weighted by atomic mass is 10.1. The summed E-state index contributed by atoms with van der Waals surface area (Å²) in [5.41, 5.74) is 3.54. The van der Waals surface area contributed by atoms with Gasteiger partial charge in [0.25, 0.3) is 5.91 Å². The molecule has 3 aromatic heterocycles. The van der Waals surface area contributed by atoms with E-state index in [1.807, 2.05) is 53.9 Å². The van der Waals surface area contributed by atoms with Crippen LogP contribution in [0.3, 0.4) is 0 Å². The highest BCUT2D eigenvalue weighted by Gasteiger charge is 2.17. The minimum absolute atomic E-state index is 0.118. The molecule has 0 unspecified atom stereocenters. The molecule has 0 bridgehead atoms. The van der Waals surface area contributed by atoms with Gasteiger partial charge in [0.05, 0.1) is 15.8 Å². The van der Waals surface area contributed by atoms with Crippen molar-refractivity contribution in [1.82, 2.24) is 9.97 Å². The third kappa shape index (κ3) is 2.51. The van der Waals surface area contributed by atoms with Crippen LogP contribution in [0.1, 0.15) is 10.4 Å². The monoisotopic (exact) mass is 375 g/mol. The molecule has 0 aliphatic carbocycles. The Kier molecular flexibility index (Phi) is 3.58. The van der Waals surface area contributed by atoms with Crippen molar-refractivity contribution in [2.45, 2.75) is 0 Å². The van der Waals surface area contributed by atoms with Crippen molar-refractivity contribution in [3.63, 3.8) is 0 Å². The zero-order valence-electron chi connectivity index (χ0n) is 13.5. The molecule has 2 N–H and O–H groups in total. The number of thiophene rings is 1. The molecule has 4 nitrogen and oxygen atoms in total. The molecule has 126 valence electrons. The van der Waals surface area contributed by atoms with Crippen molar-refractivity contribution in [2.24, 2.45) is 0 Å². The second-order valence-corrected chi connectivity index (χ2v) is 7.80. The first kappa shape index (κ1) is 15.3. The minimum Gasteiger partial charge on any atom is -0.360 e. The lowest BCUT2D eigenvalue weighted by Crippen LogP contribution is -2.10. The Morgan fingerprint density at radius 2 is 1.88 bits per heavy atom. The molecule has 0 fully saturated rings. The van der Waals surface area contributed by atoms with Crippen molar-refractivity contribution in [2.75, 3.05) is 5.32 Å². The number of hydrogen-bond acceptors (Lipinski definition) is 4. The number of amides is 1. The van der Waals surface area contributed by atoms with Gasteiger partial charge in [0.15, 0.2) is 0 Å². The third-order valence-corrected chi connectivity index (χ3v) is 6.15. The van der Waals surface area contributed by atoms with Gasteiger partial charge in [-0.3, -0.25) is 4.79 Å². The molecular weight excluding hydrogens is 362 g/mol. The Labute approximate surface area is 157 Å². The molecule has 1 amide bonds. The van der Waals surface area contributed by atoms with Gasteiger partial charge in [0, 0.05) is 22.7 Å². The van der Waals surface area contributed by atoms with Gasteiger partial charge in [-0.05, 0) is 29.6 Å². The zero-order valence-corrected chi connectivity index (χ0v) is 15.2. The van der Waals surface area contributed by atoms with Crippen LogP contribution in [0, 0.1) is 0 Å². The molecule has 0 aliphatic heterocycles. The highest BCUT2D eigenvalue weighted by molar-refractivity contribution is 7.22. The predicted molar refractivity (Wildman–Crippen MR) is 109 cm³/mol. The van der Waals surface area contributed by atoms with Gasteiger partial charge >= 0.3 is 0 Å². The van der Waals surface area contributed by atoms with E-state index >= 15 is 0 Å². The maximum atomic E-state index is 12.8. The molecular formula is C20H13N3OS2. The summed E-state index contributed by atoms with van der Waals surface area (Å²) in [5.74, 6) is -0.118. The Bertz CT molecular complexity index is 1220. The first-order valence-corrected chi connectivity index (χ1v) is 9.80. The number of anilines is 1. The minimum atomic E-state index is -0.118. The van der Waals surface area contributed by atoms with Crippen molar-refractivity contribution in [1.29, 1.82) is 0 Å². The first-order chi connectivity index (χ1) is 12.8. The van der Waals surface area contributed by atoms with E-state index < -0.39 is 0 Å². The molecule has 0 atom stereocenters. The van der Waals surface area contributed by atoms with E-state index in [4.69, 9.17) is 4.98 Å². The fourth-order valence-electron chi connectivity index (χ4n) is 2.99. The van der Waals surface area contributed by atoms with Gasteiger partial charge in [0.1, 0.15) is 10.0 Å². The summed E-state index contributed by atoms with van der Waals surface area (Å²) >= 11 is 3.14. The predicted octanol–water partition coefficient (Wildman–Crippen LogP) is 5.76. The number of fused-ring (bicyclic) bond motifs is 2. The van der Waals surface area contributed by atoms with Gasteiger partial charge in [-0.2, -0.15) is 0 Å². The molecule has 0 saturated carbocycles. The fourth-order valence-corrected chi connectivity index (χ4v) is 4.84. The van der Waals surface area contributed by atoms with Gasteiger partial charge in [-0.1, -0.05) is 30.3 Å². The summed E-state index contributed by atoms with van der Waals surface area (Å²) in [6.07, 6.45) is 1.75. The second kappa shape index (κ2) is 6.09. The standard InChI is InChI=1S/C20H13N3OS2/c24-18(14-11-21-15-6-2-1-5-12(14)15)23-19-13(9-10-25-19)20-22-16-7-3-4-8-17(16)26-20/h1-11,21H,(H,23,24). The van der Waals surface area contributed by atoms with E-state index in [0.717, 1.165) is 36.7 Å². The number of aromatic nitrogens is 2. The van der Waals surface area contributed by atoms with E-state index in [2.05, 4.69) is 16.4 Å². The SMILES string of the molecule is O=C(Nc1sccc1-c1nc2ccccc2s1)c1c[nH]c2ccccc12. The number of rotatable bonds is 3. The topological polar surface area (TPSA) is 57.8 Å². The number of H-pyrrole nitrogens is 1. The number of thiazole rings is 1. The fraction of sp³-hybridized carbons (Fsp3) is 0. The third-order valence-electron chi connectivity index (χ3n) is 4.25. The van der Waals surface area contributed by atoms with E-state index in [1.54, 1.807) is 17.5 Å². The van der Waals surface area contributed by atoms with Crippen molar-refractivity contribution in [3.05, 3.63) is 71.7 Å². The van der Waals surface area contributed by atoms with Crippen LogP contribution in [-0.2, 0) is 0 Å². The number of nitrogens with zero attached hydrogens (tertiary/aromatic N) is 1. The van der Waals surface area contributed by atoms with E-state index in [0.29, 0.717) is 5.56 Å². The van der Waals surface area contributed by atoms with Crippen LogP contribution in [-0.4, -0.2) is 15.9 Å². The average Bonchev–Trinajstić information content (AvgIpc) is 3.38. The molecule has 0 saturated heterocycles. The summed E-state index contributed by atoms with van der Waals surface area (Å²) in [6.45, 7) is 0. The van der Waals surface area contributed by atoms with E-state index in [1.165, 1.54) is 11.3 Å². The highest BCUT2D eigenvalue weighted by atomic mass is 32.1. The van der Waals surface area contributed by atoms with Crippen LogP contribution >= 0.6 is 22.7 Å². The van der Waals surface area contributed by atoms with Crippen LogP contribution < -0.4 is 5.32 Å². The quantitative estimate of drug-likeness (QED) is 0.421. The van der Waals surface area contributed by atoms with Gasteiger partial charge < -0.3 is 10.3 Å². The number of para-hydroxylation sites is 2. The van der Waals surface area contributed by atoms with Crippen molar-refractivity contribution in [3.8, 4) is 10.6 Å². The Morgan fingerprint density at radius 3 is 2.81 bits per heavy atom. The molecule has 0 aliphatic rings. The van der Waals surface area contributed by atoms with Crippen LogP contribution in [0.2, 0.25) is 0 Å². The maximum Gasteiger partial charge on any atom is 0.258 e. The molecule has 2 aromatic carbocycles. The lowest BCUT2D eigenvalue weighted by Gasteiger charge is -2.04. The summed E-state index contributed by atoms with van der Waals surface area (Å²) in [7, 11) is 0. The summed E-state index contributed by atoms with van der Waals surface area (Å²) in [4.78, 5) is 20.6. The van der Waals surface area contributed by atoms with Gasteiger partial charge in [0.2, 0.25) is 0 Å². The second-order valence-electron chi connectivity index (χ2n) is 5.85. The number of aromatic amines is 1. The van der Waals surface area contributed by atoms with Crippen LogP contribution in [0.15, 0.2) is 66.2 Å². The molecule has 0 radical (unpaired) electrons. The number of carbonyl (C=O) groups excluding carboxylic acids is 1. The van der Waals surface area contributed by atoms with E-state index in [-0.39, 0.29) is 5.91 Å². The van der Waals surface area contributed by atoms with Crippen LogP contribution in [0.25, 0.3) is 31.7 Å². The number of benzene rings is 2. The highest BCUT2D eigenvalue weighted by Crippen LogP contribution is 2.38. The van der Waals surface area contributed by atoms with Gasteiger partial charge in [-0.25, -0.2) is 4.98 Å². The Balaban J connectivity index is 1.50. The van der Waals surface area contributed by atoms with Crippen LogP contribution in [0.4, 0.5) is 5.00 Å². The molecule has 5 aromatic rings. The van der Waals surface area contributed by atoms with Crippen molar-refractivity contribution >= 4 is 54.7 Å². The van der Waals surface area contributed by atoms with Crippen molar-refractivity contribution < 1.29 is 4.79 Å².